The van der Waals surface area contributed by atoms with Gasteiger partial charge in [-0.3, -0.25) is 0 Å². The van der Waals surface area contributed by atoms with E-state index in [1.54, 1.807) is 7.11 Å². The lowest BCUT2D eigenvalue weighted by molar-refractivity contribution is 0.140. The standard InChI is InChI=1S/C16H16O4/c1-18-12-4-2-11(3-5-12)9-19-13-6-7-14-15(17)10-20-16(14)8-13/h2-8,15,17H,9-10H2,1H3. The molecule has 2 aromatic carbocycles. The highest BCUT2D eigenvalue weighted by molar-refractivity contribution is 5.44. The van der Waals surface area contributed by atoms with Gasteiger partial charge < -0.3 is 19.3 Å². The highest BCUT2D eigenvalue weighted by Crippen LogP contribution is 2.35. The highest BCUT2D eigenvalue weighted by Gasteiger charge is 2.21. The molecule has 0 aliphatic carbocycles. The molecule has 0 amide bonds. The van der Waals surface area contributed by atoms with Crippen LogP contribution in [0.4, 0.5) is 0 Å². The predicted octanol–water partition coefficient (Wildman–Crippen LogP) is 2.70. The Morgan fingerprint density at radius 3 is 2.65 bits per heavy atom. The molecule has 1 aliphatic heterocycles. The minimum atomic E-state index is -0.527. The number of rotatable bonds is 4. The fourth-order valence-electron chi connectivity index (χ4n) is 2.15. The van der Waals surface area contributed by atoms with Crippen LogP contribution in [0.5, 0.6) is 17.2 Å². The third-order valence-corrected chi connectivity index (χ3v) is 3.31. The number of benzene rings is 2. The van der Waals surface area contributed by atoms with Crippen LogP contribution >= 0.6 is 0 Å². The topological polar surface area (TPSA) is 47.9 Å². The molecule has 20 heavy (non-hydrogen) atoms. The van der Waals surface area contributed by atoms with Crippen LogP contribution < -0.4 is 14.2 Å². The van der Waals surface area contributed by atoms with E-state index in [1.165, 1.54) is 0 Å². The Kier molecular flexibility index (Phi) is 3.48. The monoisotopic (exact) mass is 272 g/mol. The first-order valence-corrected chi connectivity index (χ1v) is 6.47. The molecule has 1 aliphatic rings. The van der Waals surface area contributed by atoms with Gasteiger partial charge in [0, 0.05) is 11.6 Å². The largest absolute Gasteiger partial charge is 0.497 e. The molecule has 3 rings (SSSR count). The van der Waals surface area contributed by atoms with Crippen molar-refractivity contribution >= 4 is 0 Å². The first kappa shape index (κ1) is 12.8. The summed E-state index contributed by atoms with van der Waals surface area (Å²) in [6.07, 6.45) is -0.527. The van der Waals surface area contributed by atoms with Gasteiger partial charge in [-0.2, -0.15) is 0 Å². The van der Waals surface area contributed by atoms with Gasteiger partial charge in [-0.25, -0.2) is 0 Å². The number of hydrogen-bond acceptors (Lipinski definition) is 4. The lowest BCUT2D eigenvalue weighted by atomic mass is 10.1. The molecular formula is C16H16O4. The van der Waals surface area contributed by atoms with Crippen molar-refractivity contribution in [2.75, 3.05) is 13.7 Å². The second-order valence-corrected chi connectivity index (χ2v) is 4.66. The summed E-state index contributed by atoms with van der Waals surface area (Å²) in [7, 11) is 1.64. The number of methoxy groups -OCH3 is 1. The fraction of sp³-hybridized carbons (Fsp3) is 0.250. The Bertz CT molecular complexity index is 592. The summed E-state index contributed by atoms with van der Waals surface area (Å²) in [4.78, 5) is 0. The Labute approximate surface area is 117 Å². The summed E-state index contributed by atoms with van der Waals surface area (Å²) in [5.41, 5.74) is 1.88. The normalized spacial score (nSPS) is 16.4. The summed E-state index contributed by atoms with van der Waals surface area (Å²) in [6, 6.07) is 13.2. The van der Waals surface area contributed by atoms with Gasteiger partial charge in [-0.1, -0.05) is 12.1 Å². The summed E-state index contributed by atoms with van der Waals surface area (Å²) in [5.74, 6) is 2.26. The predicted molar refractivity (Wildman–Crippen MR) is 74.2 cm³/mol. The lowest BCUT2D eigenvalue weighted by Crippen LogP contribution is -1.97. The van der Waals surface area contributed by atoms with Gasteiger partial charge in [0.25, 0.3) is 0 Å². The van der Waals surface area contributed by atoms with Crippen molar-refractivity contribution in [1.82, 2.24) is 0 Å². The molecule has 0 radical (unpaired) electrons. The molecule has 1 N–H and O–H groups in total. The van der Waals surface area contributed by atoms with E-state index in [0.717, 1.165) is 22.6 Å². The minimum Gasteiger partial charge on any atom is -0.497 e. The van der Waals surface area contributed by atoms with Crippen molar-refractivity contribution < 1.29 is 19.3 Å². The summed E-state index contributed by atoms with van der Waals surface area (Å²) >= 11 is 0. The van der Waals surface area contributed by atoms with Gasteiger partial charge in [-0.15, -0.1) is 0 Å². The zero-order valence-electron chi connectivity index (χ0n) is 11.2. The van der Waals surface area contributed by atoms with Crippen LogP contribution in [-0.4, -0.2) is 18.8 Å². The smallest absolute Gasteiger partial charge is 0.129 e. The van der Waals surface area contributed by atoms with Crippen LogP contribution in [0.3, 0.4) is 0 Å². The maximum Gasteiger partial charge on any atom is 0.129 e. The van der Waals surface area contributed by atoms with E-state index in [9.17, 15) is 5.11 Å². The maximum atomic E-state index is 9.65. The van der Waals surface area contributed by atoms with E-state index < -0.39 is 6.10 Å². The van der Waals surface area contributed by atoms with Crippen molar-refractivity contribution in [1.29, 1.82) is 0 Å². The van der Waals surface area contributed by atoms with Gasteiger partial charge in [0.05, 0.1) is 7.11 Å². The second-order valence-electron chi connectivity index (χ2n) is 4.66. The van der Waals surface area contributed by atoms with Crippen LogP contribution in [0, 0.1) is 0 Å². The van der Waals surface area contributed by atoms with Gasteiger partial charge in [0.2, 0.25) is 0 Å². The molecule has 0 saturated carbocycles. The van der Waals surface area contributed by atoms with Crippen LogP contribution in [0.15, 0.2) is 42.5 Å². The minimum absolute atomic E-state index is 0.317. The zero-order valence-corrected chi connectivity index (χ0v) is 11.2. The molecule has 1 unspecified atom stereocenters. The van der Waals surface area contributed by atoms with Crippen molar-refractivity contribution in [3.05, 3.63) is 53.6 Å². The molecule has 0 spiro atoms. The first-order chi connectivity index (χ1) is 9.76. The molecule has 0 bridgehead atoms. The van der Waals surface area contributed by atoms with E-state index in [-0.39, 0.29) is 0 Å². The van der Waals surface area contributed by atoms with Gasteiger partial charge in [-0.05, 0) is 29.8 Å². The third-order valence-electron chi connectivity index (χ3n) is 3.31. The molecule has 1 atom stereocenters. The Morgan fingerprint density at radius 1 is 1.15 bits per heavy atom. The van der Waals surface area contributed by atoms with Crippen molar-refractivity contribution in [3.63, 3.8) is 0 Å². The van der Waals surface area contributed by atoms with E-state index in [2.05, 4.69) is 0 Å². The SMILES string of the molecule is COc1ccc(COc2ccc3c(c2)OCC3O)cc1. The molecular weight excluding hydrogens is 256 g/mol. The van der Waals surface area contributed by atoms with Crippen LogP contribution in [0.25, 0.3) is 0 Å². The van der Waals surface area contributed by atoms with E-state index >= 15 is 0 Å². The molecule has 2 aromatic rings. The van der Waals surface area contributed by atoms with Crippen LogP contribution in [0.2, 0.25) is 0 Å². The Balaban J connectivity index is 1.66. The molecule has 0 saturated heterocycles. The first-order valence-electron chi connectivity index (χ1n) is 6.47. The number of aliphatic hydroxyl groups excluding tert-OH is 1. The number of aliphatic hydroxyl groups is 1. The van der Waals surface area contributed by atoms with Gasteiger partial charge in [0.15, 0.2) is 0 Å². The lowest BCUT2D eigenvalue weighted by Gasteiger charge is -2.08. The molecule has 1 heterocycles. The molecule has 0 aromatic heterocycles. The summed E-state index contributed by atoms with van der Waals surface area (Å²) < 4.78 is 16.2. The van der Waals surface area contributed by atoms with Crippen LogP contribution in [-0.2, 0) is 6.61 Å². The average molecular weight is 272 g/mol. The molecule has 0 fully saturated rings. The summed E-state index contributed by atoms with van der Waals surface area (Å²) in [6.45, 7) is 0.794. The quantitative estimate of drug-likeness (QED) is 0.929. The van der Waals surface area contributed by atoms with Crippen molar-refractivity contribution in [3.8, 4) is 17.2 Å². The van der Waals surface area contributed by atoms with Crippen LogP contribution in [0.1, 0.15) is 17.2 Å². The Morgan fingerprint density at radius 2 is 1.90 bits per heavy atom. The number of ether oxygens (including phenoxy) is 3. The fourth-order valence-corrected chi connectivity index (χ4v) is 2.15. The molecule has 4 heteroatoms. The zero-order chi connectivity index (χ0) is 13.9. The van der Waals surface area contributed by atoms with Crippen molar-refractivity contribution in [2.45, 2.75) is 12.7 Å². The maximum absolute atomic E-state index is 9.65. The Hall–Kier alpha value is -2.20. The average Bonchev–Trinajstić information content (AvgIpc) is 2.87. The van der Waals surface area contributed by atoms with E-state index in [1.807, 2.05) is 42.5 Å². The van der Waals surface area contributed by atoms with Gasteiger partial charge in [0.1, 0.15) is 36.6 Å². The second kappa shape index (κ2) is 5.43. The molecule has 104 valence electrons. The number of hydrogen-bond donors (Lipinski definition) is 1. The van der Waals surface area contributed by atoms with E-state index in [4.69, 9.17) is 14.2 Å². The van der Waals surface area contributed by atoms with Crippen molar-refractivity contribution in [2.24, 2.45) is 0 Å². The number of fused-ring (bicyclic) bond motifs is 1. The highest BCUT2D eigenvalue weighted by atomic mass is 16.5. The molecule has 4 nitrogen and oxygen atoms in total. The summed E-state index contributed by atoms with van der Waals surface area (Å²) in [5, 5.41) is 9.65. The van der Waals surface area contributed by atoms with E-state index in [0.29, 0.717) is 19.0 Å². The third kappa shape index (κ3) is 2.56. The van der Waals surface area contributed by atoms with Gasteiger partial charge >= 0.3 is 0 Å².